The van der Waals surface area contributed by atoms with Gasteiger partial charge in [-0.3, -0.25) is 4.68 Å². The van der Waals surface area contributed by atoms with Gasteiger partial charge in [0.2, 0.25) is 0 Å². The molecule has 2 aromatic rings. The summed E-state index contributed by atoms with van der Waals surface area (Å²) in [6, 6.07) is 0. The summed E-state index contributed by atoms with van der Waals surface area (Å²) in [5, 5.41) is 14.0. The van der Waals surface area contributed by atoms with Gasteiger partial charge in [0.25, 0.3) is 5.92 Å². The Morgan fingerprint density at radius 3 is 2.73 bits per heavy atom. The number of sulfone groups is 1. The van der Waals surface area contributed by atoms with E-state index >= 15 is 0 Å². The Hall–Kier alpha value is -1.32. The van der Waals surface area contributed by atoms with E-state index < -0.39 is 28.3 Å². The second-order valence-electron chi connectivity index (χ2n) is 5.45. The first kappa shape index (κ1) is 15.6. The number of hydrogen-bond donors (Lipinski definition) is 1. The summed E-state index contributed by atoms with van der Waals surface area (Å²) in [4.78, 5) is 0.582. The maximum atomic E-state index is 13.8. The largest absolute Gasteiger partial charge is 0.382 e. The van der Waals surface area contributed by atoms with Crippen molar-refractivity contribution in [3.63, 3.8) is 0 Å². The first-order valence-electron chi connectivity index (χ1n) is 6.52. The number of aliphatic hydroxyl groups excluding tert-OH is 1. The fourth-order valence-corrected chi connectivity index (χ4v) is 5.24. The summed E-state index contributed by atoms with van der Waals surface area (Å²) in [5.41, 5.74) is 0.996. The lowest BCUT2D eigenvalue weighted by molar-refractivity contribution is -0.122. The van der Waals surface area contributed by atoms with Crippen LogP contribution < -0.4 is 0 Å². The van der Waals surface area contributed by atoms with E-state index in [4.69, 9.17) is 0 Å². The number of aryl methyl sites for hydroxylation is 1. The van der Waals surface area contributed by atoms with E-state index in [0.29, 0.717) is 16.0 Å². The highest BCUT2D eigenvalue weighted by molar-refractivity contribution is 7.92. The normalized spacial score (nSPS) is 20.9. The molecule has 0 fully saturated rings. The third-order valence-corrected chi connectivity index (χ3v) is 6.84. The topological polar surface area (TPSA) is 72.2 Å². The molecule has 2 heterocycles. The number of rotatable bonds is 2. The third-order valence-electron chi connectivity index (χ3n) is 3.70. The van der Waals surface area contributed by atoms with Crippen LogP contribution in [0.5, 0.6) is 0 Å². The molecule has 1 aliphatic rings. The third kappa shape index (κ3) is 2.37. The van der Waals surface area contributed by atoms with Crippen molar-refractivity contribution in [2.45, 2.75) is 29.1 Å². The van der Waals surface area contributed by atoms with Crippen molar-refractivity contribution in [1.29, 1.82) is 0 Å². The van der Waals surface area contributed by atoms with Crippen LogP contribution in [0, 0.1) is 0 Å². The number of aliphatic hydroxyl groups is 1. The van der Waals surface area contributed by atoms with Crippen molar-refractivity contribution >= 4 is 21.2 Å². The summed E-state index contributed by atoms with van der Waals surface area (Å²) in [6.07, 6.45) is 1.63. The summed E-state index contributed by atoms with van der Waals surface area (Å²) >= 11 is 0.919. The van der Waals surface area contributed by atoms with Gasteiger partial charge >= 0.3 is 0 Å². The SMILES string of the molecule is Cn1cc(-c2sc(S(C)(=O)=O)c3c2CCC(F)(F)[C@H]3O)cn1. The zero-order valence-electron chi connectivity index (χ0n) is 11.9. The summed E-state index contributed by atoms with van der Waals surface area (Å²) < 4.78 is 52.9. The number of thiophene rings is 1. The summed E-state index contributed by atoms with van der Waals surface area (Å²) in [5.74, 6) is -3.32. The number of aromatic nitrogens is 2. The Bertz CT molecular complexity index is 840. The maximum absolute atomic E-state index is 13.8. The van der Waals surface area contributed by atoms with Gasteiger partial charge in [-0.1, -0.05) is 0 Å². The molecule has 0 spiro atoms. The van der Waals surface area contributed by atoms with E-state index in [1.165, 1.54) is 0 Å². The number of nitrogens with zero attached hydrogens (tertiary/aromatic N) is 2. The van der Waals surface area contributed by atoms with Gasteiger partial charge in [-0.15, -0.1) is 11.3 Å². The quantitative estimate of drug-likeness (QED) is 0.903. The highest BCUT2D eigenvalue weighted by atomic mass is 32.2. The molecule has 0 radical (unpaired) electrons. The molecule has 0 saturated carbocycles. The van der Waals surface area contributed by atoms with Crippen molar-refractivity contribution in [2.75, 3.05) is 6.26 Å². The maximum Gasteiger partial charge on any atom is 0.277 e. The van der Waals surface area contributed by atoms with Crippen LogP contribution in [-0.4, -0.2) is 35.5 Å². The average Bonchev–Trinajstić information content (AvgIpc) is 2.97. The van der Waals surface area contributed by atoms with E-state index in [9.17, 15) is 22.3 Å². The van der Waals surface area contributed by atoms with E-state index in [1.807, 2.05) is 0 Å². The van der Waals surface area contributed by atoms with Crippen molar-refractivity contribution in [2.24, 2.45) is 7.05 Å². The molecular formula is C13H14F2N2O3S2. The Morgan fingerprint density at radius 2 is 2.18 bits per heavy atom. The number of alkyl halides is 2. The van der Waals surface area contributed by atoms with Gasteiger partial charge in [0, 0.05) is 41.9 Å². The summed E-state index contributed by atoms with van der Waals surface area (Å²) in [6.45, 7) is 0. The van der Waals surface area contributed by atoms with Crippen LogP contribution in [0.25, 0.3) is 10.4 Å². The first-order chi connectivity index (χ1) is 10.1. The number of hydrogen-bond acceptors (Lipinski definition) is 5. The average molecular weight is 348 g/mol. The van der Waals surface area contributed by atoms with Gasteiger partial charge in [0.15, 0.2) is 9.84 Å². The molecule has 3 rings (SSSR count). The molecule has 2 aromatic heterocycles. The molecule has 5 nitrogen and oxygen atoms in total. The van der Waals surface area contributed by atoms with Crippen LogP contribution in [0.2, 0.25) is 0 Å². The molecule has 0 amide bonds. The minimum Gasteiger partial charge on any atom is -0.382 e. The van der Waals surface area contributed by atoms with Gasteiger partial charge in [0.1, 0.15) is 10.3 Å². The highest BCUT2D eigenvalue weighted by Crippen LogP contribution is 2.50. The molecule has 120 valence electrons. The Kier molecular flexibility index (Phi) is 3.42. The zero-order chi connectivity index (χ0) is 16.3. The van der Waals surface area contributed by atoms with E-state index in [1.54, 1.807) is 24.1 Å². The zero-order valence-corrected chi connectivity index (χ0v) is 13.5. The Morgan fingerprint density at radius 1 is 1.50 bits per heavy atom. The molecule has 1 aliphatic carbocycles. The van der Waals surface area contributed by atoms with Gasteiger partial charge in [-0.05, 0) is 12.0 Å². The molecule has 0 unspecified atom stereocenters. The van der Waals surface area contributed by atoms with Crippen molar-refractivity contribution in [3.05, 3.63) is 23.5 Å². The Labute approximate surface area is 130 Å². The van der Waals surface area contributed by atoms with Crippen LogP contribution in [0.1, 0.15) is 23.7 Å². The molecule has 0 aromatic carbocycles. The lowest BCUT2D eigenvalue weighted by Gasteiger charge is -2.28. The van der Waals surface area contributed by atoms with Gasteiger partial charge in [0.05, 0.1) is 6.20 Å². The number of halogens is 2. The minimum absolute atomic E-state index is 0.0235. The monoisotopic (exact) mass is 348 g/mol. The molecule has 0 aliphatic heterocycles. The second kappa shape index (κ2) is 4.84. The van der Waals surface area contributed by atoms with Crippen molar-refractivity contribution in [1.82, 2.24) is 9.78 Å². The number of fused-ring (bicyclic) bond motifs is 1. The standard InChI is InChI=1S/C13H14F2N2O3S2/c1-17-6-7(5-16-17)10-8-3-4-13(14,15)11(18)9(8)12(21-10)22(2,19)20/h5-6,11,18H,3-4H2,1-2H3/t11-/m0/s1. The van der Waals surface area contributed by atoms with Gasteiger partial charge in [-0.2, -0.15) is 5.10 Å². The first-order valence-corrected chi connectivity index (χ1v) is 9.22. The van der Waals surface area contributed by atoms with Crippen LogP contribution in [0.4, 0.5) is 8.78 Å². The van der Waals surface area contributed by atoms with Crippen LogP contribution >= 0.6 is 11.3 Å². The fourth-order valence-electron chi connectivity index (χ4n) is 2.67. The van der Waals surface area contributed by atoms with Gasteiger partial charge in [-0.25, -0.2) is 17.2 Å². The fraction of sp³-hybridized carbons (Fsp3) is 0.462. The lowest BCUT2D eigenvalue weighted by atomic mass is 9.87. The molecule has 22 heavy (non-hydrogen) atoms. The molecule has 0 saturated heterocycles. The van der Waals surface area contributed by atoms with E-state index in [0.717, 1.165) is 17.6 Å². The van der Waals surface area contributed by atoms with Crippen LogP contribution in [0.15, 0.2) is 16.6 Å². The minimum atomic E-state index is -3.71. The van der Waals surface area contributed by atoms with Crippen LogP contribution in [-0.2, 0) is 23.3 Å². The molecule has 9 heteroatoms. The lowest BCUT2D eigenvalue weighted by Crippen LogP contribution is -2.32. The van der Waals surface area contributed by atoms with Crippen molar-refractivity contribution < 1.29 is 22.3 Å². The second-order valence-corrected chi connectivity index (χ2v) is 8.68. The Balaban J connectivity index is 2.29. The molecular weight excluding hydrogens is 334 g/mol. The van der Waals surface area contributed by atoms with Crippen LogP contribution in [0.3, 0.4) is 0 Å². The predicted molar refractivity (Wildman–Crippen MR) is 77.9 cm³/mol. The van der Waals surface area contributed by atoms with Crippen molar-refractivity contribution in [3.8, 4) is 10.4 Å². The molecule has 1 N–H and O–H groups in total. The smallest absolute Gasteiger partial charge is 0.277 e. The summed E-state index contributed by atoms with van der Waals surface area (Å²) in [7, 11) is -2.00. The van der Waals surface area contributed by atoms with Gasteiger partial charge < -0.3 is 5.11 Å². The molecule has 0 bridgehead atoms. The molecule has 1 atom stereocenters. The predicted octanol–water partition coefficient (Wildman–Crippen LogP) is 2.17. The highest BCUT2D eigenvalue weighted by Gasteiger charge is 2.47. The van der Waals surface area contributed by atoms with E-state index in [-0.39, 0.29) is 16.2 Å². The van der Waals surface area contributed by atoms with E-state index in [2.05, 4.69) is 5.10 Å².